The normalized spacial score (nSPS) is 12.0. The van der Waals surface area contributed by atoms with Crippen LogP contribution in [0.3, 0.4) is 0 Å². The summed E-state index contributed by atoms with van der Waals surface area (Å²) in [5, 5.41) is 16.1. The Labute approximate surface area is 298 Å². The number of hydrogen-bond donors (Lipinski definition) is 0. The molecule has 0 saturated heterocycles. The van der Waals surface area contributed by atoms with Crippen LogP contribution < -0.4 is 0 Å². The lowest BCUT2D eigenvalue weighted by molar-refractivity contribution is 0.126. The molecule has 0 spiro atoms. The Balaban J connectivity index is 1.12. The maximum Gasteiger partial charge on any atom is 0.0466 e. The number of aryl methyl sites for hydroxylation is 2. The zero-order chi connectivity index (χ0) is 34.1. The molecule has 0 aliphatic carbocycles. The van der Waals surface area contributed by atoms with Crippen molar-refractivity contribution in [2.24, 2.45) is 0 Å². The summed E-state index contributed by atoms with van der Waals surface area (Å²) < 4.78 is 11.6. The molecule has 0 aliphatic rings. The summed E-state index contributed by atoms with van der Waals surface area (Å²) in [4.78, 5) is 0. The van der Waals surface area contributed by atoms with Crippen molar-refractivity contribution in [3.63, 3.8) is 0 Å². The van der Waals surface area contributed by atoms with Crippen LogP contribution in [0.1, 0.15) is 89.2 Å². The summed E-state index contributed by atoms with van der Waals surface area (Å²) in [6.07, 6.45) is 14.2. The molecule has 0 heterocycles. The van der Waals surface area contributed by atoms with Crippen LogP contribution in [0.5, 0.6) is 0 Å². The Morgan fingerprint density at radius 3 is 1.12 bits per heavy atom. The van der Waals surface area contributed by atoms with Crippen LogP contribution in [0.25, 0.3) is 64.6 Å². The second-order valence-electron chi connectivity index (χ2n) is 14.4. The van der Waals surface area contributed by atoms with E-state index in [0.717, 1.165) is 52.1 Å². The summed E-state index contributed by atoms with van der Waals surface area (Å²) >= 11 is 0. The number of ether oxygens (including phenoxy) is 2. The molecule has 2 nitrogen and oxygen atoms in total. The molecule has 0 saturated carbocycles. The molecule has 0 aliphatic heterocycles. The van der Waals surface area contributed by atoms with Crippen LogP contribution in [-0.2, 0) is 22.3 Å². The number of fused-ring (bicyclic) bond motifs is 11. The van der Waals surface area contributed by atoms with Gasteiger partial charge in [0.2, 0.25) is 0 Å². The maximum absolute atomic E-state index is 5.85. The predicted molar refractivity (Wildman–Crippen MR) is 218 cm³/mol. The average Bonchev–Trinajstić information content (AvgIpc) is 3.16. The van der Waals surface area contributed by atoms with Crippen LogP contribution in [0.15, 0.2) is 97.1 Å². The molecular weight excluding hydrogens is 609 g/mol. The monoisotopic (exact) mass is 662 g/mol. The molecule has 0 fully saturated rings. The Kier molecular flexibility index (Phi) is 11.6. The van der Waals surface area contributed by atoms with Gasteiger partial charge in [-0.2, -0.15) is 0 Å². The highest BCUT2D eigenvalue weighted by atomic mass is 16.5. The van der Waals surface area contributed by atoms with E-state index in [2.05, 4.69) is 111 Å². The van der Waals surface area contributed by atoms with Gasteiger partial charge in [0.05, 0.1) is 0 Å². The largest absolute Gasteiger partial charge is 0.381 e. The molecule has 0 N–H and O–H groups in total. The smallest absolute Gasteiger partial charge is 0.0466 e. The molecule has 0 atom stereocenters. The third-order valence-electron chi connectivity index (χ3n) is 10.7. The van der Waals surface area contributed by atoms with Gasteiger partial charge in [-0.05, 0) is 127 Å². The minimum absolute atomic E-state index is 0.878. The second kappa shape index (κ2) is 16.8. The van der Waals surface area contributed by atoms with Gasteiger partial charge in [-0.3, -0.25) is 0 Å². The standard InChI is InChI=1S/C48H54O2/c1-3-5-10-30-50-32-12-9-14-36-16-18-38-20-22-40-42-24-23-41-39-21-19-37-17-15-35(13-8-7-11-31-49-29-6-4-2)33-47(37)45(39)27-25-43(41)44(42)26-28-46(40)48(38)34-36/h15-28,33-34H,3-14,29-32H2,1-2H3. The Bertz CT molecular complexity index is 2050. The first-order chi connectivity index (χ1) is 24.7. The minimum Gasteiger partial charge on any atom is -0.381 e. The van der Waals surface area contributed by atoms with E-state index in [1.54, 1.807) is 0 Å². The topological polar surface area (TPSA) is 18.5 Å². The maximum atomic E-state index is 5.85. The first kappa shape index (κ1) is 34.5. The Morgan fingerprint density at radius 1 is 0.320 bits per heavy atom. The van der Waals surface area contributed by atoms with Crippen molar-refractivity contribution in [3.8, 4) is 0 Å². The van der Waals surface area contributed by atoms with Crippen LogP contribution >= 0.6 is 0 Å². The fraction of sp³-hybridized carbons (Fsp3) is 0.375. The number of hydrogen-bond acceptors (Lipinski definition) is 2. The summed E-state index contributed by atoms with van der Waals surface area (Å²) in [5.41, 5.74) is 2.85. The molecule has 7 rings (SSSR count). The molecule has 0 aromatic heterocycles. The van der Waals surface area contributed by atoms with Crippen LogP contribution in [0.2, 0.25) is 0 Å². The van der Waals surface area contributed by atoms with Crippen molar-refractivity contribution >= 4 is 64.6 Å². The van der Waals surface area contributed by atoms with Crippen LogP contribution in [-0.4, -0.2) is 26.4 Å². The number of benzene rings is 7. The first-order valence-electron chi connectivity index (χ1n) is 19.6. The van der Waals surface area contributed by atoms with Gasteiger partial charge in [-0.15, -0.1) is 0 Å². The van der Waals surface area contributed by atoms with E-state index in [-0.39, 0.29) is 0 Å². The van der Waals surface area contributed by atoms with E-state index < -0.39 is 0 Å². The van der Waals surface area contributed by atoms with Crippen molar-refractivity contribution in [1.82, 2.24) is 0 Å². The van der Waals surface area contributed by atoms with Crippen molar-refractivity contribution in [3.05, 3.63) is 108 Å². The SMILES string of the molecule is CCCCCOCCCCc1ccc2ccc3c(ccc4c3ccc3c5ccc6ccc(CCCCCOCCCC)cc6c5ccc34)c2c1. The van der Waals surface area contributed by atoms with Crippen molar-refractivity contribution in [1.29, 1.82) is 0 Å². The van der Waals surface area contributed by atoms with E-state index in [4.69, 9.17) is 9.47 Å². The van der Waals surface area contributed by atoms with Crippen LogP contribution in [0, 0.1) is 0 Å². The van der Waals surface area contributed by atoms with E-state index in [0.29, 0.717) is 0 Å². The highest BCUT2D eigenvalue weighted by Gasteiger charge is 2.11. The van der Waals surface area contributed by atoms with Crippen molar-refractivity contribution < 1.29 is 9.47 Å². The molecule has 7 aromatic carbocycles. The lowest BCUT2D eigenvalue weighted by Crippen LogP contribution is -1.98. The van der Waals surface area contributed by atoms with Crippen LogP contribution in [0.4, 0.5) is 0 Å². The van der Waals surface area contributed by atoms with Gasteiger partial charge in [-0.25, -0.2) is 0 Å². The molecule has 258 valence electrons. The summed E-state index contributed by atoms with van der Waals surface area (Å²) in [6, 6.07) is 37.6. The molecule has 2 heteroatoms. The van der Waals surface area contributed by atoms with E-state index >= 15 is 0 Å². The third kappa shape index (κ3) is 7.68. The second-order valence-corrected chi connectivity index (χ2v) is 14.4. The molecule has 0 bridgehead atoms. The zero-order valence-electron chi connectivity index (χ0n) is 30.4. The average molecular weight is 663 g/mol. The summed E-state index contributed by atoms with van der Waals surface area (Å²) in [5.74, 6) is 0. The Morgan fingerprint density at radius 2 is 0.660 bits per heavy atom. The van der Waals surface area contributed by atoms with Crippen molar-refractivity contribution in [2.75, 3.05) is 26.4 Å². The van der Waals surface area contributed by atoms with Gasteiger partial charge in [0.15, 0.2) is 0 Å². The van der Waals surface area contributed by atoms with Gasteiger partial charge < -0.3 is 9.47 Å². The third-order valence-corrected chi connectivity index (χ3v) is 10.7. The van der Waals surface area contributed by atoms with E-state index in [9.17, 15) is 0 Å². The summed E-state index contributed by atoms with van der Waals surface area (Å²) in [6.45, 7) is 8.04. The van der Waals surface area contributed by atoms with Gasteiger partial charge in [0.25, 0.3) is 0 Å². The molecule has 0 unspecified atom stereocenters. The lowest BCUT2D eigenvalue weighted by Gasteiger charge is -2.13. The fourth-order valence-electron chi connectivity index (χ4n) is 7.87. The molecule has 7 aromatic rings. The van der Waals surface area contributed by atoms with Gasteiger partial charge in [-0.1, -0.05) is 137 Å². The Hall–Kier alpha value is -3.98. The van der Waals surface area contributed by atoms with Gasteiger partial charge in [0.1, 0.15) is 0 Å². The van der Waals surface area contributed by atoms with Gasteiger partial charge in [0, 0.05) is 26.4 Å². The molecule has 50 heavy (non-hydrogen) atoms. The number of unbranched alkanes of at least 4 members (excludes halogenated alkanes) is 6. The highest BCUT2D eigenvalue weighted by molar-refractivity contribution is 6.26. The van der Waals surface area contributed by atoms with Crippen molar-refractivity contribution in [2.45, 2.75) is 90.9 Å². The van der Waals surface area contributed by atoms with E-state index in [1.807, 2.05) is 0 Å². The van der Waals surface area contributed by atoms with Gasteiger partial charge >= 0.3 is 0 Å². The highest BCUT2D eigenvalue weighted by Crippen LogP contribution is 2.39. The lowest BCUT2D eigenvalue weighted by atomic mass is 9.90. The molecule has 0 amide bonds. The molecule has 0 radical (unpaired) electrons. The predicted octanol–water partition coefficient (Wildman–Crippen LogP) is 13.7. The fourth-order valence-corrected chi connectivity index (χ4v) is 7.87. The minimum atomic E-state index is 0.878. The van der Waals surface area contributed by atoms with E-state index in [1.165, 1.54) is 127 Å². The first-order valence-corrected chi connectivity index (χ1v) is 19.6. The molecular formula is C48H54O2. The summed E-state index contributed by atoms with van der Waals surface area (Å²) in [7, 11) is 0. The number of rotatable bonds is 18. The quantitative estimate of drug-likeness (QED) is 0.0672. The zero-order valence-corrected chi connectivity index (χ0v) is 30.4.